The first-order valence-electron chi connectivity index (χ1n) is 8.54. The highest BCUT2D eigenvalue weighted by Gasteiger charge is 2.34. The monoisotopic (exact) mass is 428 g/mol. The largest absolute Gasteiger partial charge is 0.418 e. The number of hydrogen-bond donors (Lipinski definition) is 0. The van der Waals surface area contributed by atoms with Crippen LogP contribution < -0.4 is 0 Å². The van der Waals surface area contributed by atoms with Crippen molar-refractivity contribution in [2.75, 3.05) is 0 Å². The van der Waals surface area contributed by atoms with E-state index in [1.165, 1.54) is 23.0 Å². The molecule has 0 atom stereocenters. The van der Waals surface area contributed by atoms with Crippen molar-refractivity contribution >= 4 is 28.2 Å². The van der Waals surface area contributed by atoms with Crippen LogP contribution in [0.15, 0.2) is 24.4 Å². The van der Waals surface area contributed by atoms with Gasteiger partial charge in [0.15, 0.2) is 11.5 Å². The number of rotatable bonds is 3. The molecule has 5 rings (SSSR count). The first-order chi connectivity index (χ1) is 13.7. The van der Waals surface area contributed by atoms with Crippen molar-refractivity contribution in [3.05, 3.63) is 40.9 Å². The predicted molar refractivity (Wildman–Crippen MR) is 92.7 cm³/mol. The minimum atomic E-state index is -4.65. The molecular weight excluding hydrogens is 419 g/mol. The lowest BCUT2D eigenvalue weighted by Gasteiger charge is -2.10. The second-order valence-electron chi connectivity index (χ2n) is 6.69. The summed E-state index contributed by atoms with van der Waals surface area (Å²) in [5, 5.41) is 7.72. The number of benzene rings is 1. The van der Waals surface area contributed by atoms with Gasteiger partial charge in [-0.1, -0.05) is 6.07 Å². The van der Waals surface area contributed by atoms with E-state index in [9.17, 15) is 22.0 Å². The first kappa shape index (κ1) is 18.2. The Bertz CT molecular complexity index is 1260. The Labute approximate surface area is 163 Å². The van der Waals surface area contributed by atoms with Gasteiger partial charge in [0.1, 0.15) is 5.69 Å². The number of fused-ring (bicyclic) bond motifs is 3. The van der Waals surface area contributed by atoms with Gasteiger partial charge in [-0.15, -0.1) is 5.10 Å². The smallest absolute Gasteiger partial charge is 0.268 e. The van der Waals surface area contributed by atoms with Crippen molar-refractivity contribution in [2.24, 2.45) is 0 Å². The molecule has 4 aromatic rings. The molecule has 0 bridgehead atoms. The molecule has 29 heavy (non-hydrogen) atoms. The maximum absolute atomic E-state index is 13.5. The zero-order valence-corrected chi connectivity index (χ0v) is 15.1. The van der Waals surface area contributed by atoms with E-state index >= 15 is 0 Å². The standard InChI is InChI=1S/C17H10ClF5N6/c18-16-24-11-8(2-1-3-10(11)17(21,22)23)15-25-14(27-29(15)16)9-6-28(7-4-5-7)26-12(9)13(19)20/h1-3,6-7,13H,4-5H2. The molecule has 0 amide bonds. The highest BCUT2D eigenvalue weighted by Crippen LogP contribution is 2.39. The maximum atomic E-state index is 13.5. The average Bonchev–Trinajstić information content (AvgIpc) is 3.24. The van der Waals surface area contributed by atoms with Crippen molar-refractivity contribution in [1.82, 2.24) is 29.4 Å². The van der Waals surface area contributed by atoms with Gasteiger partial charge in [-0.2, -0.15) is 22.8 Å². The molecule has 1 fully saturated rings. The van der Waals surface area contributed by atoms with Crippen molar-refractivity contribution < 1.29 is 22.0 Å². The molecule has 0 unspecified atom stereocenters. The molecule has 0 N–H and O–H groups in total. The second kappa shape index (κ2) is 6.09. The van der Waals surface area contributed by atoms with Crippen molar-refractivity contribution in [3.8, 4) is 11.4 Å². The fraction of sp³-hybridized carbons (Fsp3) is 0.294. The summed E-state index contributed by atoms with van der Waals surface area (Å²) < 4.78 is 69.4. The van der Waals surface area contributed by atoms with Gasteiger partial charge >= 0.3 is 6.18 Å². The summed E-state index contributed by atoms with van der Waals surface area (Å²) in [5.74, 6) is -0.110. The molecule has 3 aromatic heterocycles. The highest BCUT2D eigenvalue weighted by atomic mass is 35.5. The minimum absolute atomic E-state index is 0.00629. The van der Waals surface area contributed by atoms with Gasteiger partial charge in [0.25, 0.3) is 6.43 Å². The normalized spacial score (nSPS) is 15.1. The molecule has 0 saturated heterocycles. The van der Waals surface area contributed by atoms with Crippen molar-refractivity contribution in [2.45, 2.75) is 31.5 Å². The van der Waals surface area contributed by atoms with Crippen molar-refractivity contribution in [3.63, 3.8) is 0 Å². The van der Waals surface area contributed by atoms with E-state index in [4.69, 9.17) is 11.6 Å². The van der Waals surface area contributed by atoms with Crippen LogP contribution in [0.4, 0.5) is 22.0 Å². The van der Waals surface area contributed by atoms with Crippen LogP contribution in [0.1, 0.15) is 36.6 Å². The molecule has 12 heteroatoms. The molecular formula is C17H10ClF5N6. The summed E-state index contributed by atoms with van der Waals surface area (Å²) in [5.41, 5.74) is -1.86. The number of aromatic nitrogens is 6. The number of nitrogens with zero attached hydrogens (tertiary/aromatic N) is 6. The number of hydrogen-bond acceptors (Lipinski definition) is 4. The summed E-state index contributed by atoms with van der Waals surface area (Å²) >= 11 is 6.04. The third kappa shape index (κ3) is 2.91. The fourth-order valence-corrected chi connectivity index (χ4v) is 3.41. The number of para-hydroxylation sites is 1. The molecule has 1 aromatic carbocycles. The van der Waals surface area contributed by atoms with Gasteiger partial charge in [-0.25, -0.2) is 18.7 Å². The molecule has 150 valence electrons. The Hall–Kier alpha value is -2.82. The van der Waals surface area contributed by atoms with E-state index in [1.807, 2.05) is 0 Å². The molecule has 1 aliphatic rings. The third-order valence-electron chi connectivity index (χ3n) is 4.70. The van der Waals surface area contributed by atoms with E-state index in [1.54, 1.807) is 0 Å². The summed E-state index contributed by atoms with van der Waals surface area (Å²) in [6, 6.07) is 3.54. The van der Waals surface area contributed by atoms with Crippen LogP contribution in [0.5, 0.6) is 0 Å². The van der Waals surface area contributed by atoms with Crippen LogP contribution >= 0.6 is 11.6 Å². The molecule has 6 nitrogen and oxygen atoms in total. The molecule has 0 aliphatic heterocycles. The Morgan fingerprint density at radius 2 is 1.86 bits per heavy atom. The average molecular weight is 429 g/mol. The fourth-order valence-electron chi connectivity index (χ4n) is 3.21. The van der Waals surface area contributed by atoms with E-state index in [0.29, 0.717) is 0 Å². The summed E-state index contributed by atoms with van der Waals surface area (Å²) in [4.78, 5) is 8.02. The Morgan fingerprint density at radius 3 is 2.52 bits per heavy atom. The van der Waals surface area contributed by atoms with E-state index in [0.717, 1.165) is 23.4 Å². The number of halogens is 6. The topological polar surface area (TPSA) is 60.9 Å². The van der Waals surface area contributed by atoms with Gasteiger partial charge in [-0.3, -0.25) is 4.68 Å². The molecule has 1 aliphatic carbocycles. The second-order valence-corrected chi connectivity index (χ2v) is 7.03. The molecule has 3 heterocycles. The first-order valence-corrected chi connectivity index (χ1v) is 8.91. The van der Waals surface area contributed by atoms with E-state index in [2.05, 4.69) is 20.2 Å². The van der Waals surface area contributed by atoms with Crippen LogP contribution in [0.3, 0.4) is 0 Å². The van der Waals surface area contributed by atoms with Crippen LogP contribution in [0, 0.1) is 0 Å². The zero-order chi connectivity index (χ0) is 20.5. The van der Waals surface area contributed by atoms with Crippen LogP contribution in [0.25, 0.3) is 27.9 Å². The van der Waals surface area contributed by atoms with Gasteiger partial charge < -0.3 is 0 Å². The number of alkyl halides is 5. The van der Waals surface area contributed by atoms with Gasteiger partial charge in [0, 0.05) is 11.6 Å². The molecule has 0 spiro atoms. The highest BCUT2D eigenvalue weighted by molar-refractivity contribution is 6.29. The lowest BCUT2D eigenvalue weighted by atomic mass is 10.1. The van der Waals surface area contributed by atoms with Gasteiger partial charge in [0.05, 0.1) is 22.7 Å². The summed E-state index contributed by atoms with van der Waals surface area (Å²) in [6.45, 7) is 0. The van der Waals surface area contributed by atoms with Crippen LogP contribution in [-0.2, 0) is 6.18 Å². The Morgan fingerprint density at radius 1 is 1.10 bits per heavy atom. The molecule has 1 saturated carbocycles. The minimum Gasteiger partial charge on any atom is -0.268 e. The van der Waals surface area contributed by atoms with E-state index in [-0.39, 0.29) is 39.3 Å². The van der Waals surface area contributed by atoms with Crippen LogP contribution in [0.2, 0.25) is 5.28 Å². The van der Waals surface area contributed by atoms with Crippen LogP contribution in [-0.4, -0.2) is 29.4 Å². The Balaban J connectivity index is 1.76. The lowest BCUT2D eigenvalue weighted by molar-refractivity contribution is -0.136. The SMILES string of the molecule is FC(F)c1nn(C2CC2)cc1-c1nc2c3cccc(C(F)(F)F)c3nc(Cl)n2n1. The third-order valence-corrected chi connectivity index (χ3v) is 4.94. The van der Waals surface area contributed by atoms with E-state index < -0.39 is 23.9 Å². The Kier molecular flexibility index (Phi) is 3.83. The lowest BCUT2D eigenvalue weighted by Crippen LogP contribution is -2.07. The molecule has 0 radical (unpaired) electrons. The predicted octanol–water partition coefficient (Wildman–Crippen LogP) is 5.09. The van der Waals surface area contributed by atoms with Gasteiger partial charge in [-0.05, 0) is 36.6 Å². The maximum Gasteiger partial charge on any atom is 0.418 e. The quantitative estimate of drug-likeness (QED) is 0.337. The summed E-state index contributed by atoms with van der Waals surface area (Å²) in [7, 11) is 0. The zero-order valence-electron chi connectivity index (χ0n) is 14.3. The van der Waals surface area contributed by atoms with Gasteiger partial charge in [0.2, 0.25) is 5.28 Å². The summed E-state index contributed by atoms with van der Waals surface area (Å²) in [6.07, 6.45) is -4.41. The van der Waals surface area contributed by atoms with Crippen molar-refractivity contribution in [1.29, 1.82) is 0 Å².